The second-order valence-electron chi connectivity index (χ2n) is 9.60. The number of piperazine rings is 1. The second kappa shape index (κ2) is 11.3. The fourth-order valence-corrected chi connectivity index (χ4v) is 5.33. The summed E-state index contributed by atoms with van der Waals surface area (Å²) in [6.07, 6.45) is 3.71. The standard InChI is InChI=1S/C26H35ClFN7O/c1-3-33-8-6-18(7-9-33)30-23-21(27)17-29-26-24(23)31-25(32-26)20-5-4-19(16-22(20)28)35-12-10-34(11-13-35)14-15-36-2/h4-5,16-18H,3,6-15H2,1-2H3,(H2,29,30,31,32). The number of nitrogens with zero attached hydrogens (tertiary/aromatic N) is 5. The fraction of sp³-hybridized carbons (Fsp3) is 0.538. The molecule has 0 amide bonds. The van der Waals surface area contributed by atoms with Crippen molar-refractivity contribution in [3.8, 4) is 11.4 Å². The lowest BCUT2D eigenvalue weighted by Crippen LogP contribution is -2.47. The smallest absolute Gasteiger partial charge is 0.159 e. The van der Waals surface area contributed by atoms with Gasteiger partial charge in [0, 0.05) is 64.7 Å². The van der Waals surface area contributed by atoms with Gasteiger partial charge in [0.05, 0.1) is 29.1 Å². The predicted octanol–water partition coefficient (Wildman–Crippen LogP) is 4.08. The molecule has 10 heteroatoms. The molecule has 0 saturated carbocycles. The Morgan fingerprint density at radius 2 is 1.92 bits per heavy atom. The van der Waals surface area contributed by atoms with Crippen molar-refractivity contribution in [2.24, 2.45) is 0 Å². The average molecular weight is 516 g/mol. The first-order chi connectivity index (χ1) is 17.6. The van der Waals surface area contributed by atoms with E-state index in [4.69, 9.17) is 21.3 Å². The topological polar surface area (TPSA) is 72.6 Å². The number of likely N-dealkylation sites (tertiary alicyclic amines) is 1. The van der Waals surface area contributed by atoms with Gasteiger partial charge in [-0.25, -0.2) is 14.4 Å². The van der Waals surface area contributed by atoms with Gasteiger partial charge in [-0.2, -0.15) is 0 Å². The van der Waals surface area contributed by atoms with Crippen LogP contribution in [0.15, 0.2) is 24.4 Å². The zero-order valence-electron chi connectivity index (χ0n) is 21.1. The Kier molecular flexibility index (Phi) is 7.90. The third-order valence-corrected chi connectivity index (χ3v) is 7.69. The minimum atomic E-state index is -0.305. The van der Waals surface area contributed by atoms with Crippen LogP contribution in [0.3, 0.4) is 0 Å². The van der Waals surface area contributed by atoms with Crippen LogP contribution in [0.4, 0.5) is 15.8 Å². The lowest BCUT2D eigenvalue weighted by molar-refractivity contribution is 0.144. The molecule has 0 radical (unpaired) electrons. The third kappa shape index (κ3) is 5.44. The van der Waals surface area contributed by atoms with Crippen molar-refractivity contribution in [1.82, 2.24) is 24.8 Å². The number of hydrogen-bond acceptors (Lipinski definition) is 7. The molecule has 36 heavy (non-hydrogen) atoms. The number of aromatic amines is 1. The summed E-state index contributed by atoms with van der Waals surface area (Å²) in [7, 11) is 1.72. The van der Waals surface area contributed by atoms with Crippen LogP contribution in [0.2, 0.25) is 5.02 Å². The first-order valence-electron chi connectivity index (χ1n) is 12.8. The number of methoxy groups -OCH3 is 1. The Bertz CT molecular complexity index is 1170. The van der Waals surface area contributed by atoms with Crippen LogP contribution < -0.4 is 10.2 Å². The lowest BCUT2D eigenvalue weighted by Gasteiger charge is -2.36. The number of hydrogen-bond donors (Lipinski definition) is 2. The summed E-state index contributed by atoms with van der Waals surface area (Å²) in [6.45, 7) is 10.7. The summed E-state index contributed by atoms with van der Waals surface area (Å²) in [4.78, 5) is 19.4. The number of H-pyrrole nitrogens is 1. The molecule has 194 valence electrons. The molecule has 8 nitrogen and oxygen atoms in total. The van der Waals surface area contributed by atoms with Crippen molar-refractivity contribution in [1.29, 1.82) is 0 Å². The number of anilines is 2. The maximum Gasteiger partial charge on any atom is 0.159 e. The van der Waals surface area contributed by atoms with Crippen molar-refractivity contribution < 1.29 is 9.13 Å². The van der Waals surface area contributed by atoms with Gasteiger partial charge in [-0.1, -0.05) is 18.5 Å². The van der Waals surface area contributed by atoms with E-state index in [1.54, 1.807) is 25.4 Å². The van der Waals surface area contributed by atoms with Crippen molar-refractivity contribution in [2.75, 3.05) is 76.3 Å². The molecule has 2 fully saturated rings. The largest absolute Gasteiger partial charge is 0.383 e. The van der Waals surface area contributed by atoms with Gasteiger partial charge in [-0.05, 0) is 37.6 Å². The molecule has 0 spiro atoms. The number of halogens is 2. The van der Waals surface area contributed by atoms with Gasteiger partial charge in [0.15, 0.2) is 5.65 Å². The van der Waals surface area contributed by atoms with E-state index >= 15 is 4.39 Å². The Morgan fingerprint density at radius 1 is 1.14 bits per heavy atom. The van der Waals surface area contributed by atoms with Gasteiger partial charge in [0.1, 0.15) is 17.2 Å². The highest BCUT2D eigenvalue weighted by atomic mass is 35.5. The summed E-state index contributed by atoms with van der Waals surface area (Å²) < 4.78 is 20.5. The molecule has 2 aliphatic rings. The van der Waals surface area contributed by atoms with Crippen LogP contribution in [0.25, 0.3) is 22.6 Å². The van der Waals surface area contributed by atoms with E-state index < -0.39 is 0 Å². The predicted molar refractivity (Wildman–Crippen MR) is 144 cm³/mol. The fourth-order valence-electron chi connectivity index (χ4n) is 5.14. The molecule has 0 atom stereocenters. The van der Waals surface area contributed by atoms with E-state index in [2.05, 4.69) is 36.9 Å². The third-order valence-electron chi connectivity index (χ3n) is 7.41. The van der Waals surface area contributed by atoms with Crippen LogP contribution >= 0.6 is 11.6 Å². The van der Waals surface area contributed by atoms with Crippen LogP contribution in [0.1, 0.15) is 19.8 Å². The summed E-state index contributed by atoms with van der Waals surface area (Å²) in [6, 6.07) is 5.70. The summed E-state index contributed by atoms with van der Waals surface area (Å²) in [5.74, 6) is 0.151. The van der Waals surface area contributed by atoms with E-state index in [0.29, 0.717) is 33.6 Å². The highest BCUT2D eigenvalue weighted by Gasteiger charge is 2.23. The van der Waals surface area contributed by atoms with E-state index in [0.717, 1.165) is 83.2 Å². The van der Waals surface area contributed by atoms with Crippen molar-refractivity contribution >= 4 is 34.1 Å². The van der Waals surface area contributed by atoms with Gasteiger partial charge in [0.2, 0.25) is 0 Å². The molecule has 5 rings (SSSR count). The van der Waals surface area contributed by atoms with Gasteiger partial charge in [-0.3, -0.25) is 4.90 Å². The minimum absolute atomic E-state index is 0.305. The number of piperidine rings is 1. The Morgan fingerprint density at radius 3 is 2.61 bits per heavy atom. The van der Waals surface area contributed by atoms with E-state index in [9.17, 15) is 0 Å². The molecule has 2 N–H and O–H groups in total. The maximum atomic E-state index is 15.3. The van der Waals surface area contributed by atoms with Crippen LogP contribution in [-0.2, 0) is 4.74 Å². The SMILES string of the molecule is CCN1CCC(Nc2c(Cl)cnc3[nH]c(-c4ccc(N5CCN(CCOC)CC5)cc4F)nc23)CC1. The highest BCUT2D eigenvalue weighted by Crippen LogP contribution is 2.33. The summed E-state index contributed by atoms with van der Waals surface area (Å²) in [5, 5.41) is 4.12. The van der Waals surface area contributed by atoms with Gasteiger partial charge in [-0.15, -0.1) is 0 Å². The maximum absolute atomic E-state index is 15.3. The molecule has 1 aromatic carbocycles. The number of pyridine rings is 1. The quantitative estimate of drug-likeness (QED) is 0.468. The summed E-state index contributed by atoms with van der Waals surface area (Å²) >= 11 is 6.53. The number of benzene rings is 1. The number of aromatic nitrogens is 3. The Balaban J connectivity index is 1.32. The Labute approximate surface area is 216 Å². The van der Waals surface area contributed by atoms with E-state index in [-0.39, 0.29) is 5.82 Å². The molecular formula is C26H35ClFN7O. The Hall–Kier alpha value is -2.46. The van der Waals surface area contributed by atoms with E-state index in [1.807, 2.05) is 6.07 Å². The van der Waals surface area contributed by atoms with Crippen molar-refractivity contribution in [2.45, 2.75) is 25.8 Å². The van der Waals surface area contributed by atoms with Crippen LogP contribution in [0, 0.1) is 5.82 Å². The zero-order valence-corrected chi connectivity index (χ0v) is 21.8. The second-order valence-corrected chi connectivity index (χ2v) is 10.0. The highest BCUT2D eigenvalue weighted by molar-refractivity contribution is 6.34. The molecule has 2 saturated heterocycles. The molecule has 2 aromatic heterocycles. The van der Waals surface area contributed by atoms with Crippen LogP contribution in [0.5, 0.6) is 0 Å². The normalized spacial score (nSPS) is 18.3. The zero-order chi connectivity index (χ0) is 25.1. The minimum Gasteiger partial charge on any atom is -0.383 e. The van der Waals surface area contributed by atoms with Crippen molar-refractivity contribution in [3.63, 3.8) is 0 Å². The molecule has 4 heterocycles. The van der Waals surface area contributed by atoms with Gasteiger partial charge < -0.3 is 24.8 Å². The summed E-state index contributed by atoms with van der Waals surface area (Å²) in [5.41, 5.74) is 3.32. The first kappa shape index (κ1) is 25.2. The van der Waals surface area contributed by atoms with Gasteiger partial charge >= 0.3 is 0 Å². The molecular weight excluding hydrogens is 481 g/mol. The number of fused-ring (bicyclic) bond motifs is 1. The van der Waals surface area contributed by atoms with E-state index in [1.165, 1.54) is 0 Å². The first-order valence-corrected chi connectivity index (χ1v) is 13.2. The number of rotatable bonds is 8. The van der Waals surface area contributed by atoms with Gasteiger partial charge in [0.25, 0.3) is 0 Å². The van der Waals surface area contributed by atoms with Crippen LogP contribution in [-0.4, -0.2) is 96.9 Å². The number of ether oxygens (including phenoxy) is 1. The molecule has 2 aliphatic heterocycles. The van der Waals surface area contributed by atoms with Crippen molar-refractivity contribution in [3.05, 3.63) is 35.2 Å². The number of nitrogens with one attached hydrogen (secondary N) is 2. The molecule has 0 bridgehead atoms. The molecule has 0 aliphatic carbocycles. The average Bonchev–Trinajstić information content (AvgIpc) is 3.34. The monoisotopic (exact) mass is 515 g/mol. The lowest BCUT2D eigenvalue weighted by atomic mass is 10.0. The number of imidazole rings is 1. The molecule has 0 unspecified atom stereocenters. The molecule has 3 aromatic rings.